The van der Waals surface area contributed by atoms with Gasteiger partial charge in [0.15, 0.2) is 0 Å². The number of nitrogens with zero attached hydrogens (tertiary/aromatic N) is 2. The number of nitrogens with one attached hydrogen (secondary N) is 1. The number of hydrogen-bond acceptors (Lipinski definition) is 4. The second kappa shape index (κ2) is 4.47. The van der Waals surface area contributed by atoms with Crippen LogP contribution in [0, 0.1) is 5.41 Å². The van der Waals surface area contributed by atoms with Gasteiger partial charge in [-0.1, -0.05) is 13.8 Å². The largest absolute Gasteiger partial charge is 0.381 e. The Morgan fingerprint density at radius 2 is 2.31 bits per heavy atom. The second-order valence-electron chi connectivity index (χ2n) is 4.91. The third kappa shape index (κ3) is 2.08. The van der Waals surface area contributed by atoms with Crippen LogP contribution in [0.15, 0.2) is 18.6 Å². The van der Waals surface area contributed by atoms with Gasteiger partial charge in [-0.15, -0.1) is 0 Å². The van der Waals surface area contributed by atoms with Crippen LogP contribution in [-0.4, -0.2) is 29.2 Å². The summed E-state index contributed by atoms with van der Waals surface area (Å²) in [5.41, 5.74) is 1.19. The molecule has 4 nitrogen and oxygen atoms in total. The predicted molar refractivity (Wildman–Crippen MR) is 61.9 cm³/mol. The summed E-state index contributed by atoms with van der Waals surface area (Å²) < 4.78 is 5.42. The highest BCUT2D eigenvalue weighted by molar-refractivity contribution is 5.04. The van der Waals surface area contributed by atoms with Gasteiger partial charge in [0.2, 0.25) is 0 Å². The fourth-order valence-corrected chi connectivity index (χ4v) is 2.28. The lowest BCUT2D eigenvalue weighted by Crippen LogP contribution is -2.60. The third-order valence-electron chi connectivity index (χ3n) is 3.61. The first kappa shape index (κ1) is 11.5. The van der Waals surface area contributed by atoms with Crippen molar-refractivity contribution in [3.05, 3.63) is 24.3 Å². The number of methoxy groups -OCH3 is 1. The summed E-state index contributed by atoms with van der Waals surface area (Å²) in [6.07, 6.45) is 6.65. The minimum atomic E-state index is 0.205. The van der Waals surface area contributed by atoms with Gasteiger partial charge in [-0.05, 0) is 6.42 Å². The molecule has 0 aromatic carbocycles. The number of aromatic nitrogens is 2. The molecule has 0 bridgehead atoms. The van der Waals surface area contributed by atoms with Crippen LogP contribution in [0.5, 0.6) is 0 Å². The average molecular weight is 221 g/mol. The lowest BCUT2D eigenvalue weighted by molar-refractivity contribution is -0.0979. The Bertz CT molecular complexity index is 339. The van der Waals surface area contributed by atoms with Crippen LogP contribution in [0.4, 0.5) is 0 Å². The number of rotatable bonds is 4. The lowest BCUT2D eigenvalue weighted by Gasteiger charge is -2.51. The van der Waals surface area contributed by atoms with Crippen molar-refractivity contribution in [2.45, 2.75) is 39.0 Å². The van der Waals surface area contributed by atoms with E-state index >= 15 is 0 Å². The lowest BCUT2D eigenvalue weighted by atomic mass is 9.64. The summed E-state index contributed by atoms with van der Waals surface area (Å²) in [5, 5.41) is 3.51. The molecule has 0 spiro atoms. The van der Waals surface area contributed by atoms with E-state index in [1.54, 1.807) is 25.7 Å². The molecule has 1 saturated carbocycles. The van der Waals surface area contributed by atoms with E-state index in [4.69, 9.17) is 4.74 Å². The molecule has 16 heavy (non-hydrogen) atoms. The molecule has 1 aliphatic carbocycles. The Hall–Kier alpha value is -1.00. The Kier molecular flexibility index (Phi) is 3.21. The smallest absolute Gasteiger partial charge is 0.0724 e. The molecular formula is C12H19N3O. The highest BCUT2D eigenvalue weighted by Gasteiger charge is 2.48. The summed E-state index contributed by atoms with van der Waals surface area (Å²) in [6.45, 7) is 5.25. The van der Waals surface area contributed by atoms with E-state index in [1.165, 1.54) is 0 Å². The third-order valence-corrected chi connectivity index (χ3v) is 3.61. The highest BCUT2D eigenvalue weighted by Crippen LogP contribution is 2.42. The zero-order valence-corrected chi connectivity index (χ0v) is 10.1. The van der Waals surface area contributed by atoms with Gasteiger partial charge in [0, 0.05) is 43.7 Å². The van der Waals surface area contributed by atoms with Gasteiger partial charge in [0.1, 0.15) is 0 Å². The molecule has 0 aliphatic heterocycles. The van der Waals surface area contributed by atoms with E-state index in [9.17, 15) is 0 Å². The van der Waals surface area contributed by atoms with Crippen molar-refractivity contribution in [1.29, 1.82) is 0 Å². The summed E-state index contributed by atoms with van der Waals surface area (Å²) >= 11 is 0. The van der Waals surface area contributed by atoms with Crippen molar-refractivity contribution in [2.24, 2.45) is 5.41 Å². The van der Waals surface area contributed by atoms with E-state index < -0.39 is 0 Å². The van der Waals surface area contributed by atoms with Crippen LogP contribution in [0.25, 0.3) is 0 Å². The van der Waals surface area contributed by atoms with Gasteiger partial charge in [-0.2, -0.15) is 0 Å². The van der Waals surface area contributed by atoms with Gasteiger partial charge < -0.3 is 10.1 Å². The van der Waals surface area contributed by atoms with Crippen molar-refractivity contribution >= 4 is 0 Å². The Labute approximate surface area is 96.4 Å². The zero-order chi connectivity index (χ0) is 11.6. The standard InChI is InChI=1S/C12H19N3O/c1-12(2)10(6-11(12)16-3)15-8-9-7-13-4-5-14-9/h4-5,7,10-11,15H,6,8H2,1-3H3. The minimum Gasteiger partial charge on any atom is -0.381 e. The normalized spacial score (nSPS) is 27.4. The number of hydrogen-bond donors (Lipinski definition) is 1. The summed E-state index contributed by atoms with van der Waals surface area (Å²) in [7, 11) is 1.78. The van der Waals surface area contributed by atoms with Crippen molar-refractivity contribution in [1.82, 2.24) is 15.3 Å². The van der Waals surface area contributed by atoms with E-state index in [1.807, 2.05) is 0 Å². The van der Waals surface area contributed by atoms with Crippen LogP contribution >= 0.6 is 0 Å². The SMILES string of the molecule is COC1CC(NCc2cnccn2)C1(C)C. The molecular weight excluding hydrogens is 202 g/mol. The molecule has 1 N–H and O–H groups in total. The quantitative estimate of drug-likeness (QED) is 0.834. The Morgan fingerprint density at radius 1 is 1.50 bits per heavy atom. The summed E-state index contributed by atoms with van der Waals surface area (Å²) in [4.78, 5) is 8.29. The maximum atomic E-state index is 5.42. The van der Waals surface area contributed by atoms with Gasteiger partial charge in [-0.3, -0.25) is 9.97 Å². The molecule has 2 unspecified atom stereocenters. The molecule has 1 aromatic heterocycles. The van der Waals surface area contributed by atoms with E-state index in [-0.39, 0.29) is 5.41 Å². The fourth-order valence-electron chi connectivity index (χ4n) is 2.28. The molecule has 1 fully saturated rings. The molecule has 0 amide bonds. The summed E-state index contributed by atoms with van der Waals surface area (Å²) in [5.74, 6) is 0. The van der Waals surface area contributed by atoms with Crippen LogP contribution in [0.1, 0.15) is 26.0 Å². The topological polar surface area (TPSA) is 47.0 Å². The van der Waals surface area contributed by atoms with E-state index in [2.05, 4.69) is 29.1 Å². The molecule has 1 aliphatic rings. The maximum Gasteiger partial charge on any atom is 0.0724 e. The van der Waals surface area contributed by atoms with Crippen molar-refractivity contribution in [3.63, 3.8) is 0 Å². The highest BCUT2D eigenvalue weighted by atomic mass is 16.5. The van der Waals surface area contributed by atoms with Crippen LogP contribution in [-0.2, 0) is 11.3 Å². The molecule has 1 aromatic rings. The van der Waals surface area contributed by atoms with Crippen LogP contribution in [0.3, 0.4) is 0 Å². The Balaban J connectivity index is 1.85. The molecule has 4 heteroatoms. The molecule has 2 atom stereocenters. The fraction of sp³-hybridized carbons (Fsp3) is 0.667. The van der Waals surface area contributed by atoms with Crippen molar-refractivity contribution < 1.29 is 4.74 Å². The van der Waals surface area contributed by atoms with Gasteiger partial charge in [0.25, 0.3) is 0 Å². The first-order chi connectivity index (χ1) is 7.64. The average Bonchev–Trinajstić information content (AvgIpc) is 2.29. The summed E-state index contributed by atoms with van der Waals surface area (Å²) in [6, 6.07) is 0.499. The zero-order valence-electron chi connectivity index (χ0n) is 10.1. The second-order valence-corrected chi connectivity index (χ2v) is 4.91. The first-order valence-corrected chi connectivity index (χ1v) is 5.65. The molecule has 88 valence electrons. The van der Waals surface area contributed by atoms with E-state index in [0.29, 0.717) is 12.1 Å². The number of ether oxygens (including phenoxy) is 1. The van der Waals surface area contributed by atoms with E-state index in [0.717, 1.165) is 18.7 Å². The first-order valence-electron chi connectivity index (χ1n) is 5.65. The van der Waals surface area contributed by atoms with Gasteiger partial charge >= 0.3 is 0 Å². The van der Waals surface area contributed by atoms with Crippen LogP contribution in [0.2, 0.25) is 0 Å². The maximum absolute atomic E-state index is 5.42. The van der Waals surface area contributed by atoms with Crippen LogP contribution < -0.4 is 5.32 Å². The molecule has 2 rings (SSSR count). The van der Waals surface area contributed by atoms with Crippen molar-refractivity contribution in [3.8, 4) is 0 Å². The van der Waals surface area contributed by atoms with Gasteiger partial charge in [-0.25, -0.2) is 0 Å². The molecule has 0 saturated heterocycles. The molecule has 1 heterocycles. The van der Waals surface area contributed by atoms with Crippen molar-refractivity contribution in [2.75, 3.05) is 7.11 Å². The van der Waals surface area contributed by atoms with Gasteiger partial charge in [0.05, 0.1) is 11.8 Å². The monoisotopic (exact) mass is 221 g/mol. The predicted octanol–water partition coefficient (Wildman–Crippen LogP) is 1.38. The Morgan fingerprint density at radius 3 is 2.88 bits per heavy atom. The molecule has 0 radical (unpaired) electrons. The minimum absolute atomic E-state index is 0.205.